The fraction of sp³-hybridized carbons (Fsp3) is 0. The molecule has 102 valence electrons. The van der Waals surface area contributed by atoms with Gasteiger partial charge in [-0.3, -0.25) is 4.79 Å². The predicted molar refractivity (Wildman–Crippen MR) is 67.4 cm³/mol. The number of imidazole rings is 1. The van der Waals surface area contributed by atoms with Crippen molar-refractivity contribution in [2.24, 2.45) is 5.14 Å². The van der Waals surface area contributed by atoms with Gasteiger partial charge in [-0.2, -0.15) is 0 Å². The summed E-state index contributed by atoms with van der Waals surface area (Å²) in [6.07, 6.45) is 1.32. The van der Waals surface area contributed by atoms with Gasteiger partial charge in [0.25, 0.3) is 11.3 Å². The second-order valence-electron chi connectivity index (χ2n) is 3.97. The monoisotopic (exact) mass is 293 g/mol. The van der Waals surface area contributed by atoms with E-state index >= 15 is 0 Å². The van der Waals surface area contributed by atoms with Crippen LogP contribution in [0.1, 0.15) is 0 Å². The number of primary sulfonamides is 1. The summed E-state index contributed by atoms with van der Waals surface area (Å²) in [5, 5.41) is 11.6. The van der Waals surface area contributed by atoms with Crippen LogP contribution in [0.3, 0.4) is 0 Å². The minimum atomic E-state index is -3.95. The molecular formula is C10H9N6O3S+. The zero-order valence-corrected chi connectivity index (χ0v) is 10.8. The number of fused-ring (bicyclic) bond motifs is 1. The summed E-state index contributed by atoms with van der Waals surface area (Å²) >= 11 is 0. The van der Waals surface area contributed by atoms with Gasteiger partial charge in [0.2, 0.25) is 10.0 Å². The molecule has 10 heteroatoms. The number of aromatic nitrogens is 5. The number of H-pyrrole nitrogens is 2. The summed E-state index contributed by atoms with van der Waals surface area (Å²) < 4.78 is 23.1. The predicted octanol–water partition coefficient (Wildman–Crippen LogP) is -1.43. The van der Waals surface area contributed by atoms with Gasteiger partial charge in [-0.15, -0.1) is 0 Å². The molecule has 4 N–H and O–H groups in total. The van der Waals surface area contributed by atoms with E-state index in [0.717, 1.165) is 4.80 Å². The van der Waals surface area contributed by atoms with Crippen LogP contribution in [-0.2, 0) is 10.0 Å². The number of rotatable bonds is 2. The lowest BCUT2D eigenvalue weighted by Crippen LogP contribution is -2.45. The van der Waals surface area contributed by atoms with Crippen LogP contribution < -0.4 is 15.5 Å². The van der Waals surface area contributed by atoms with Gasteiger partial charge >= 0.3 is 5.56 Å². The molecule has 0 unspecified atom stereocenters. The van der Waals surface area contributed by atoms with Crippen LogP contribution >= 0.6 is 0 Å². The Balaban J connectivity index is 2.34. The molecule has 0 aliphatic carbocycles. The van der Waals surface area contributed by atoms with E-state index in [4.69, 9.17) is 5.14 Å². The minimum Gasteiger partial charge on any atom is -0.338 e. The van der Waals surface area contributed by atoms with E-state index in [-0.39, 0.29) is 21.7 Å². The van der Waals surface area contributed by atoms with Gasteiger partial charge in [-0.25, -0.2) is 18.5 Å². The summed E-state index contributed by atoms with van der Waals surface area (Å²) in [6, 6.07) is 5.92. The van der Waals surface area contributed by atoms with Crippen molar-refractivity contribution in [3.05, 3.63) is 40.9 Å². The standard InChI is InChI=1S/C10H8N6O3S/c11-20(18,19)7-4-2-1-3-6(7)16-14-9-8(10(17)15-16)12-5-13-9/h1-5H,(H3,11,15,17,18,19)/p+1. The van der Waals surface area contributed by atoms with Gasteiger partial charge in [0.15, 0.2) is 10.4 Å². The van der Waals surface area contributed by atoms with Crippen LogP contribution in [0.4, 0.5) is 0 Å². The Morgan fingerprint density at radius 1 is 1.25 bits per heavy atom. The third kappa shape index (κ3) is 1.96. The van der Waals surface area contributed by atoms with Crippen molar-refractivity contribution in [2.45, 2.75) is 4.90 Å². The fourth-order valence-electron chi connectivity index (χ4n) is 1.79. The lowest BCUT2D eigenvalue weighted by Gasteiger charge is -1.99. The van der Waals surface area contributed by atoms with E-state index in [1.54, 1.807) is 6.07 Å². The molecule has 0 radical (unpaired) electrons. The molecule has 1 aromatic carbocycles. The maximum absolute atomic E-state index is 11.8. The first-order valence-corrected chi connectivity index (χ1v) is 6.99. The maximum Gasteiger partial charge on any atom is 0.328 e. The Labute approximate surface area is 112 Å². The number of aromatic amines is 2. The van der Waals surface area contributed by atoms with Crippen molar-refractivity contribution < 1.29 is 13.2 Å². The first-order chi connectivity index (χ1) is 9.47. The van der Waals surface area contributed by atoms with E-state index in [0.29, 0.717) is 0 Å². The number of hydrogen-bond acceptors (Lipinski definition) is 5. The van der Waals surface area contributed by atoms with Crippen LogP contribution in [0, 0.1) is 0 Å². The van der Waals surface area contributed by atoms with Gasteiger partial charge in [0.1, 0.15) is 0 Å². The number of hydrogen-bond donors (Lipinski definition) is 3. The van der Waals surface area contributed by atoms with Crippen LogP contribution in [0.25, 0.3) is 16.9 Å². The molecule has 20 heavy (non-hydrogen) atoms. The topological polar surface area (TPSA) is 138 Å². The molecule has 0 amide bonds. The van der Waals surface area contributed by atoms with Crippen molar-refractivity contribution in [3.63, 3.8) is 0 Å². The van der Waals surface area contributed by atoms with Crippen LogP contribution in [-0.4, -0.2) is 28.6 Å². The van der Waals surface area contributed by atoms with Gasteiger partial charge in [0, 0.05) is 10.9 Å². The molecule has 3 rings (SSSR count). The number of benzene rings is 1. The molecule has 0 saturated heterocycles. The highest BCUT2D eigenvalue weighted by Gasteiger charge is 2.24. The molecule has 2 heterocycles. The van der Waals surface area contributed by atoms with E-state index in [1.165, 1.54) is 24.5 Å². The average molecular weight is 293 g/mol. The normalized spacial score (nSPS) is 11.8. The van der Waals surface area contributed by atoms with Crippen molar-refractivity contribution in [2.75, 3.05) is 0 Å². The Morgan fingerprint density at radius 3 is 2.75 bits per heavy atom. The number of sulfonamides is 1. The second kappa shape index (κ2) is 4.21. The van der Waals surface area contributed by atoms with E-state index < -0.39 is 15.6 Å². The van der Waals surface area contributed by atoms with Crippen molar-refractivity contribution >= 4 is 21.2 Å². The summed E-state index contributed by atoms with van der Waals surface area (Å²) in [6.45, 7) is 0. The highest BCUT2D eigenvalue weighted by atomic mass is 32.2. The van der Waals surface area contributed by atoms with E-state index in [2.05, 4.69) is 20.2 Å². The molecule has 0 saturated carbocycles. The number of nitrogens with zero attached hydrogens (tertiary/aromatic N) is 3. The van der Waals surface area contributed by atoms with Crippen molar-refractivity contribution in [3.8, 4) is 5.69 Å². The van der Waals surface area contributed by atoms with E-state index in [1.807, 2.05) is 0 Å². The zero-order chi connectivity index (χ0) is 14.3. The molecule has 0 atom stereocenters. The Hall–Kier alpha value is -2.59. The quantitative estimate of drug-likeness (QED) is 0.497. The SMILES string of the molecule is NS(=O)(=O)c1ccccc1-[n+]1nc2nc[nH]c2c(=O)[nH]1. The van der Waals surface area contributed by atoms with Crippen LogP contribution in [0.2, 0.25) is 0 Å². The third-order valence-corrected chi connectivity index (χ3v) is 3.61. The van der Waals surface area contributed by atoms with Gasteiger partial charge in [0.05, 0.1) is 11.4 Å². The van der Waals surface area contributed by atoms with Crippen molar-refractivity contribution in [1.29, 1.82) is 0 Å². The summed E-state index contributed by atoms with van der Waals surface area (Å²) in [4.78, 5) is 19.2. The fourth-order valence-corrected chi connectivity index (χ4v) is 2.50. The summed E-state index contributed by atoms with van der Waals surface area (Å²) in [5.41, 5.74) is 0.0287. The maximum atomic E-state index is 11.8. The number of nitrogens with one attached hydrogen (secondary N) is 2. The van der Waals surface area contributed by atoms with Gasteiger partial charge in [-0.05, 0) is 6.07 Å². The third-order valence-electron chi connectivity index (χ3n) is 2.65. The zero-order valence-electron chi connectivity index (χ0n) is 9.94. The average Bonchev–Trinajstić information content (AvgIpc) is 2.86. The first kappa shape index (κ1) is 12.4. The summed E-state index contributed by atoms with van der Waals surface area (Å²) in [7, 11) is -3.95. The lowest BCUT2D eigenvalue weighted by molar-refractivity contribution is -0.720. The Morgan fingerprint density at radius 2 is 2.00 bits per heavy atom. The summed E-state index contributed by atoms with van der Waals surface area (Å²) in [5.74, 6) is 0. The second-order valence-corrected chi connectivity index (χ2v) is 5.50. The van der Waals surface area contributed by atoms with Crippen LogP contribution in [0.5, 0.6) is 0 Å². The molecule has 0 aliphatic rings. The van der Waals surface area contributed by atoms with E-state index in [9.17, 15) is 13.2 Å². The minimum absolute atomic E-state index is 0.136. The lowest BCUT2D eigenvalue weighted by atomic mass is 10.3. The molecule has 2 aromatic heterocycles. The van der Waals surface area contributed by atoms with Crippen LogP contribution in [0.15, 0.2) is 40.3 Å². The molecule has 0 fully saturated rings. The number of para-hydroxylation sites is 1. The molecule has 0 spiro atoms. The Bertz CT molecular complexity index is 958. The first-order valence-electron chi connectivity index (χ1n) is 5.45. The molecule has 0 bridgehead atoms. The smallest absolute Gasteiger partial charge is 0.328 e. The largest absolute Gasteiger partial charge is 0.338 e. The highest BCUT2D eigenvalue weighted by Crippen LogP contribution is 2.12. The van der Waals surface area contributed by atoms with Crippen molar-refractivity contribution in [1.82, 2.24) is 20.2 Å². The molecule has 9 nitrogen and oxygen atoms in total. The highest BCUT2D eigenvalue weighted by molar-refractivity contribution is 7.89. The van der Waals surface area contributed by atoms with Gasteiger partial charge in [-0.1, -0.05) is 17.2 Å². The molecule has 0 aliphatic heterocycles. The molecular weight excluding hydrogens is 284 g/mol. The molecule has 3 aromatic rings. The number of nitrogens with two attached hydrogens (primary N) is 1. The Kier molecular flexibility index (Phi) is 2.62. The van der Waals surface area contributed by atoms with Gasteiger partial charge < -0.3 is 4.98 Å².